The second-order valence-electron chi connectivity index (χ2n) is 12.6. The van der Waals surface area contributed by atoms with Gasteiger partial charge in [0.2, 0.25) is 0 Å². The van der Waals surface area contributed by atoms with E-state index >= 15 is 0 Å². The summed E-state index contributed by atoms with van der Waals surface area (Å²) in [7, 11) is 0. The van der Waals surface area contributed by atoms with Gasteiger partial charge in [0.1, 0.15) is 0 Å². The predicted molar refractivity (Wildman–Crippen MR) is 205 cm³/mol. The average Bonchev–Trinajstić information content (AvgIpc) is 3.54. The lowest BCUT2D eigenvalue weighted by Gasteiger charge is -2.15. The van der Waals surface area contributed by atoms with E-state index in [0.29, 0.717) is 0 Å². The number of rotatable bonds is 4. The van der Waals surface area contributed by atoms with Gasteiger partial charge in [0.05, 0.1) is 33.5 Å². The molecule has 49 heavy (non-hydrogen) atoms. The van der Waals surface area contributed by atoms with Crippen LogP contribution in [0, 0.1) is 0 Å². The molecule has 0 saturated carbocycles. The Morgan fingerprint density at radius 3 is 1.59 bits per heavy atom. The monoisotopic (exact) mass is 623 g/mol. The van der Waals surface area contributed by atoms with E-state index < -0.39 is 0 Å². The molecule has 2 aromatic heterocycles. The Morgan fingerprint density at radius 1 is 0.388 bits per heavy atom. The fraction of sp³-hybridized carbons (Fsp3) is 0. The molecule has 8 aromatic carbocycles. The summed E-state index contributed by atoms with van der Waals surface area (Å²) >= 11 is 0. The number of benzene rings is 8. The van der Waals surface area contributed by atoms with Crippen LogP contribution in [0.25, 0.3) is 93.7 Å². The zero-order valence-electron chi connectivity index (χ0n) is 26.6. The van der Waals surface area contributed by atoms with E-state index in [1.54, 1.807) is 0 Å². The zero-order valence-corrected chi connectivity index (χ0v) is 26.6. The molecule has 3 nitrogen and oxygen atoms in total. The number of hydrogen-bond acceptors (Lipinski definition) is 2. The van der Waals surface area contributed by atoms with Gasteiger partial charge in [-0.05, 0) is 63.5 Å². The molecule has 10 rings (SSSR count). The molecule has 0 radical (unpaired) electrons. The van der Waals surface area contributed by atoms with Crippen molar-refractivity contribution in [1.82, 2.24) is 14.5 Å². The van der Waals surface area contributed by atoms with Gasteiger partial charge >= 0.3 is 0 Å². The van der Waals surface area contributed by atoms with Crippen molar-refractivity contribution in [3.63, 3.8) is 0 Å². The Bertz CT molecular complexity index is 2850. The van der Waals surface area contributed by atoms with E-state index in [4.69, 9.17) is 9.97 Å². The Morgan fingerprint density at radius 2 is 0.918 bits per heavy atom. The summed E-state index contributed by atoms with van der Waals surface area (Å²) in [5.74, 6) is 0. The minimum Gasteiger partial charge on any atom is -0.309 e. The van der Waals surface area contributed by atoms with Crippen molar-refractivity contribution in [1.29, 1.82) is 0 Å². The van der Waals surface area contributed by atoms with Crippen molar-refractivity contribution < 1.29 is 0 Å². The van der Waals surface area contributed by atoms with Crippen LogP contribution < -0.4 is 0 Å². The minimum absolute atomic E-state index is 0.876. The van der Waals surface area contributed by atoms with Gasteiger partial charge in [-0.25, -0.2) is 9.97 Å². The largest absolute Gasteiger partial charge is 0.309 e. The molecule has 0 unspecified atom stereocenters. The fourth-order valence-electron chi connectivity index (χ4n) is 7.52. The van der Waals surface area contributed by atoms with Crippen LogP contribution in [0.2, 0.25) is 0 Å². The van der Waals surface area contributed by atoms with Crippen LogP contribution in [0.5, 0.6) is 0 Å². The minimum atomic E-state index is 0.876. The standard InChI is InChI=1S/C46H29N3/c1-3-13-30(14-4-1)38-29-34-18-8-10-20-37(34)43-42-36-19-9-7-15-31(36)25-28-41(42)49(46(38)43)35-26-23-33(24-27-35)45-44(32-16-5-2-6-17-32)47-39-21-11-12-22-40(39)48-45/h1-29H. The van der Waals surface area contributed by atoms with Gasteiger partial charge in [0.15, 0.2) is 0 Å². The highest BCUT2D eigenvalue weighted by Gasteiger charge is 2.21. The summed E-state index contributed by atoms with van der Waals surface area (Å²) in [6, 6.07) is 62.5. The molecule has 0 aliphatic carbocycles. The Labute approximate surface area is 283 Å². The molecular formula is C46H29N3. The molecular weight excluding hydrogens is 595 g/mol. The SMILES string of the molecule is c1ccc(-c2nc3ccccc3nc2-c2ccc(-n3c4ccc5ccccc5c4c4c5ccccc5cc(-c5ccccc5)c43)cc2)cc1. The lowest BCUT2D eigenvalue weighted by atomic mass is 9.95. The Balaban J connectivity index is 1.28. The molecule has 0 aliphatic rings. The van der Waals surface area contributed by atoms with Crippen LogP contribution in [0.3, 0.4) is 0 Å². The average molecular weight is 624 g/mol. The Kier molecular flexibility index (Phi) is 6.18. The lowest BCUT2D eigenvalue weighted by Crippen LogP contribution is -1.98. The highest BCUT2D eigenvalue weighted by atomic mass is 15.0. The third kappa shape index (κ3) is 4.37. The van der Waals surface area contributed by atoms with Crippen LogP contribution in [-0.2, 0) is 0 Å². The lowest BCUT2D eigenvalue weighted by molar-refractivity contribution is 1.18. The molecule has 0 saturated heterocycles. The number of hydrogen-bond donors (Lipinski definition) is 0. The van der Waals surface area contributed by atoms with Gasteiger partial charge in [-0.3, -0.25) is 0 Å². The van der Waals surface area contributed by atoms with Crippen LogP contribution in [0.15, 0.2) is 176 Å². The van der Waals surface area contributed by atoms with Crippen LogP contribution >= 0.6 is 0 Å². The summed E-state index contributed by atoms with van der Waals surface area (Å²) in [4.78, 5) is 10.3. The van der Waals surface area contributed by atoms with E-state index in [2.05, 4.69) is 150 Å². The van der Waals surface area contributed by atoms with Gasteiger partial charge in [-0.2, -0.15) is 0 Å². The third-order valence-corrected chi connectivity index (χ3v) is 9.74. The van der Waals surface area contributed by atoms with Crippen molar-refractivity contribution in [3.8, 4) is 39.3 Å². The molecule has 10 aromatic rings. The predicted octanol–water partition coefficient (Wildman–Crippen LogP) is 12.0. The van der Waals surface area contributed by atoms with Gasteiger partial charge in [-0.15, -0.1) is 0 Å². The topological polar surface area (TPSA) is 30.7 Å². The number of aromatic nitrogens is 3. The van der Waals surface area contributed by atoms with Gasteiger partial charge in [0.25, 0.3) is 0 Å². The van der Waals surface area contributed by atoms with Crippen LogP contribution in [0.4, 0.5) is 0 Å². The highest BCUT2D eigenvalue weighted by molar-refractivity contribution is 6.31. The summed E-state index contributed by atoms with van der Waals surface area (Å²) < 4.78 is 2.46. The maximum atomic E-state index is 5.17. The summed E-state index contributed by atoms with van der Waals surface area (Å²) in [6.07, 6.45) is 0. The second kappa shape index (κ2) is 11.0. The zero-order chi connectivity index (χ0) is 32.3. The fourth-order valence-corrected chi connectivity index (χ4v) is 7.52. The third-order valence-electron chi connectivity index (χ3n) is 9.74. The van der Waals surface area contributed by atoms with Crippen molar-refractivity contribution in [2.75, 3.05) is 0 Å². The molecule has 0 aliphatic heterocycles. The maximum Gasteiger partial charge on any atom is 0.0973 e. The molecule has 0 bridgehead atoms. The van der Waals surface area contributed by atoms with Crippen LogP contribution in [-0.4, -0.2) is 14.5 Å². The summed E-state index contributed by atoms with van der Waals surface area (Å²) in [5, 5.41) is 7.54. The summed E-state index contributed by atoms with van der Waals surface area (Å²) in [5.41, 5.74) is 11.5. The van der Waals surface area contributed by atoms with Crippen LogP contribution in [0.1, 0.15) is 0 Å². The molecule has 0 amide bonds. The number of para-hydroxylation sites is 2. The normalized spacial score (nSPS) is 11.7. The summed E-state index contributed by atoms with van der Waals surface area (Å²) in [6.45, 7) is 0. The Hall–Kier alpha value is -6.58. The van der Waals surface area contributed by atoms with Crippen molar-refractivity contribution in [2.45, 2.75) is 0 Å². The van der Waals surface area contributed by atoms with Gasteiger partial charge in [-0.1, -0.05) is 140 Å². The van der Waals surface area contributed by atoms with E-state index in [-0.39, 0.29) is 0 Å². The van der Waals surface area contributed by atoms with Gasteiger partial charge < -0.3 is 4.57 Å². The van der Waals surface area contributed by atoms with E-state index in [9.17, 15) is 0 Å². The molecule has 0 fully saturated rings. The smallest absolute Gasteiger partial charge is 0.0973 e. The molecule has 3 heteroatoms. The molecule has 0 spiro atoms. The molecule has 2 heterocycles. The molecule has 0 N–H and O–H groups in total. The number of nitrogens with zero attached hydrogens (tertiary/aromatic N) is 3. The first kappa shape index (κ1) is 27.5. The molecule has 0 atom stereocenters. The highest BCUT2D eigenvalue weighted by Crippen LogP contribution is 2.45. The first-order valence-electron chi connectivity index (χ1n) is 16.7. The molecule has 228 valence electrons. The van der Waals surface area contributed by atoms with E-state index in [1.165, 1.54) is 54.5 Å². The van der Waals surface area contributed by atoms with E-state index in [0.717, 1.165) is 39.2 Å². The number of fused-ring (bicyclic) bond motifs is 8. The quantitative estimate of drug-likeness (QED) is 0.195. The van der Waals surface area contributed by atoms with Crippen molar-refractivity contribution in [3.05, 3.63) is 176 Å². The van der Waals surface area contributed by atoms with Gasteiger partial charge in [0, 0.05) is 33.2 Å². The maximum absolute atomic E-state index is 5.17. The van der Waals surface area contributed by atoms with E-state index in [1.807, 2.05) is 30.3 Å². The van der Waals surface area contributed by atoms with Crippen molar-refractivity contribution in [2.24, 2.45) is 0 Å². The van der Waals surface area contributed by atoms with Crippen molar-refractivity contribution >= 4 is 54.4 Å². The first-order chi connectivity index (χ1) is 24.3. The first-order valence-corrected chi connectivity index (χ1v) is 16.7. The second-order valence-corrected chi connectivity index (χ2v) is 12.6.